The van der Waals surface area contributed by atoms with Crippen molar-refractivity contribution in [3.63, 3.8) is 0 Å². The normalized spacial score (nSPS) is 32.7. The Morgan fingerprint density at radius 2 is 1.71 bits per heavy atom. The topological polar surface area (TPSA) is 139 Å². The van der Waals surface area contributed by atoms with E-state index in [2.05, 4.69) is 5.32 Å². The third-order valence-corrected chi connectivity index (χ3v) is 3.29. The monoisotopic (exact) mass is 299 g/mol. The predicted molar refractivity (Wildman–Crippen MR) is 70.5 cm³/mol. The number of benzene rings is 1. The number of aliphatic hydroxyl groups excluding tert-OH is 4. The summed E-state index contributed by atoms with van der Waals surface area (Å²) >= 11 is 0. The van der Waals surface area contributed by atoms with E-state index in [-0.39, 0.29) is 5.75 Å². The molecule has 0 aliphatic carbocycles. The van der Waals surface area contributed by atoms with Gasteiger partial charge in [0.25, 0.3) is 5.91 Å². The standard InChI is InChI=1S/C13H17NO7/c15-5-8-9(17)10(18)11(19)12(21-8)13(20)14-6-1-3-7(16)4-2-6/h1-4,8-12,15-19H,5H2,(H,14,20)/t8-,9-,10+,11-,12-/m0/s1. The van der Waals surface area contributed by atoms with Gasteiger partial charge in [0.2, 0.25) is 0 Å². The number of carbonyl (C=O) groups is 1. The molecule has 1 fully saturated rings. The first-order chi connectivity index (χ1) is 9.93. The van der Waals surface area contributed by atoms with Crippen molar-refractivity contribution in [3.05, 3.63) is 24.3 Å². The van der Waals surface area contributed by atoms with Gasteiger partial charge in [-0.1, -0.05) is 0 Å². The fraction of sp³-hybridized carbons (Fsp3) is 0.462. The van der Waals surface area contributed by atoms with Gasteiger partial charge in [-0.25, -0.2) is 0 Å². The van der Waals surface area contributed by atoms with Crippen LogP contribution in [0.5, 0.6) is 5.75 Å². The van der Waals surface area contributed by atoms with Crippen LogP contribution in [0.15, 0.2) is 24.3 Å². The molecule has 21 heavy (non-hydrogen) atoms. The SMILES string of the molecule is O=C(Nc1ccc(O)cc1)[C@H]1O[C@@H](CO)[C@H](O)[C@@H](O)[C@@H]1O. The summed E-state index contributed by atoms with van der Waals surface area (Å²) < 4.78 is 5.12. The number of rotatable bonds is 3. The summed E-state index contributed by atoms with van der Waals surface area (Å²) in [6.45, 7) is -0.603. The Balaban J connectivity index is 2.08. The van der Waals surface area contributed by atoms with Crippen LogP contribution in [0.1, 0.15) is 0 Å². The van der Waals surface area contributed by atoms with Gasteiger partial charge in [-0.05, 0) is 24.3 Å². The molecule has 0 aromatic heterocycles. The molecular formula is C13H17NO7. The Bertz CT molecular complexity index is 490. The van der Waals surface area contributed by atoms with E-state index in [0.717, 1.165) is 0 Å². The van der Waals surface area contributed by atoms with Crippen molar-refractivity contribution < 1.29 is 35.1 Å². The van der Waals surface area contributed by atoms with Gasteiger partial charge in [0.15, 0.2) is 6.10 Å². The molecule has 0 radical (unpaired) electrons. The minimum atomic E-state index is -1.63. The van der Waals surface area contributed by atoms with Crippen molar-refractivity contribution in [1.29, 1.82) is 0 Å². The highest BCUT2D eigenvalue weighted by molar-refractivity contribution is 5.94. The van der Waals surface area contributed by atoms with E-state index in [1.807, 2.05) is 0 Å². The summed E-state index contributed by atoms with van der Waals surface area (Å²) in [5, 5.41) is 49.7. The molecule has 0 saturated carbocycles. The molecule has 1 aromatic carbocycles. The number of ether oxygens (including phenoxy) is 1. The summed E-state index contributed by atoms with van der Waals surface area (Å²) in [4.78, 5) is 12.0. The predicted octanol–water partition coefficient (Wildman–Crippen LogP) is -1.83. The largest absolute Gasteiger partial charge is 0.508 e. The molecule has 8 nitrogen and oxygen atoms in total. The van der Waals surface area contributed by atoms with Crippen molar-refractivity contribution in [2.45, 2.75) is 30.5 Å². The molecular weight excluding hydrogens is 282 g/mol. The summed E-state index contributed by atoms with van der Waals surface area (Å²) in [6, 6.07) is 5.61. The Labute approximate surface area is 120 Å². The second-order valence-corrected chi connectivity index (χ2v) is 4.79. The molecule has 1 aliphatic heterocycles. The van der Waals surface area contributed by atoms with Crippen molar-refractivity contribution in [2.24, 2.45) is 0 Å². The van der Waals surface area contributed by atoms with Crippen molar-refractivity contribution in [3.8, 4) is 5.75 Å². The smallest absolute Gasteiger partial charge is 0.256 e. The lowest BCUT2D eigenvalue weighted by molar-refractivity contribution is -0.224. The molecule has 1 aliphatic rings. The third-order valence-electron chi connectivity index (χ3n) is 3.29. The van der Waals surface area contributed by atoms with Gasteiger partial charge in [-0.2, -0.15) is 0 Å². The Kier molecular flexibility index (Phi) is 4.76. The van der Waals surface area contributed by atoms with Gasteiger partial charge in [0, 0.05) is 5.69 Å². The van der Waals surface area contributed by atoms with Crippen LogP contribution in [0.2, 0.25) is 0 Å². The molecule has 1 amide bonds. The number of anilines is 1. The second kappa shape index (κ2) is 6.37. The van der Waals surface area contributed by atoms with Crippen molar-refractivity contribution in [2.75, 3.05) is 11.9 Å². The fourth-order valence-corrected chi connectivity index (χ4v) is 2.08. The summed E-state index contributed by atoms with van der Waals surface area (Å²) in [6.07, 6.45) is -7.32. The molecule has 2 rings (SSSR count). The van der Waals surface area contributed by atoms with Crippen LogP contribution in [-0.4, -0.2) is 68.6 Å². The molecule has 6 N–H and O–H groups in total. The average molecular weight is 299 g/mol. The fourth-order valence-electron chi connectivity index (χ4n) is 2.08. The summed E-state index contributed by atoms with van der Waals surface area (Å²) in [5.41, 5.74) is 0.356. The second-order valence-electron chi connectivity index (χ2n) is 4.79. The van der Waals surface area contributed by atoms with Crippen LogP contribution >= 0.6 is 0 Å². The van der Waals surface area contributed by atoms with Crippen LogP contribution in [0.3, 0.4) is 0 Å². The maximum Gasteiger partial charge on any atom is 0.256 e. The van der Waals surface area contributed by atoms with Crippen molar-refractivity contribution >= 4 is 11.6 Å². The van der Waals surface area contributed by atoms with E-state index in [0.29, 0.717) is 5.69 Å². The Hall–Kier alpha value is -1.71. The molecule has 0 bridgehead atoms. The highest BCUT2D eigenvalue weighted by Gasteiger charge is 2.46. The number of phenols is 1. The van der Waals surface area contributed by atoms with Crippen LogP contribution in [-0.2, 0) is 9.53 Å². The van der Waals surface area contributed by atoms with E-state index in [4.69, 9.17) is 14.9 Å². The summed E-state index contributed by atoms with van der Waals surface area (Å²) in [5.74, 6) is -0.710. The third kappa shape index (κ3) is 3.31. The van der Waals surface area contributed by atoms with E-state index in [1.54, 1.807) is 0 Å². The van der Waals surface area contributed by atoms with Crippen molar-refractivity contribution in [1.82, 2.24) is 0 Å². The molecule has 1 aromatic rings. The first-order valence-electron chi connectivity index (χ1n) is 6.34. The zero-order chi connectivity index (χ0) is 15.6. The van der Waals surface area contributed by atoms with Gasteiger partial charge in [0.1, 0.15) is 30.2 Å². The number of aliphatic hydroxyl groups is 4. The molecule has 5 atom stereocenters. The maximum atomic E-state index is 12.0. The number of hydrogen-bond donors (Lipinski definition) is 6. The number of aromatic hydroxyl groups is 1. The minimum absolute atomic E-state index is 0.0286. The highest BCUT2D eigenvalue weighted by Crippen LogP contribution is 2.22. The van der Waals surface area contributed by atoms with E-state index in [1.165, 1.54) is 24.3 Å². The Morgan fingerprint density at radius 3 is 2.29 bits per heavy atom. The molecule has 0 unspecified atom stereocenters. The van der Waals surface area contributed by atoms with Gasteiger partial charge in [-0.15, -0.1) is 0 Å². The van der Waals surface area contributed by atoms with Crippen LogP contribution in [0, 0.1) is 0 Å². The van der Waals surface area contributed by atoms with Crippen LogP contribution in [0.25, 0.3) is 0 Å². The van der Waals surface area contributed by atoms with Gasteiger partial charge in [0.05, 0.1) is 6.61 Å². The average Bonchev–Trinajstić information content (AvgIpc) is 2.47. The zero-order valence-corrected chi connectivity index (χ0v) is 11.0. The Morgan fingerprint density at radius 1 is 1.10 bits per heavy atom. The number of phenolic OH excluding ortho intramolecular Hbond substituents is 1. The molecule has 1 heterocycles. The first-order valence-corrected chi connectivity index (χ1v) is 6.34. The number of carbonyl (C=O) groups excluding carboxylic acids is 1. The lowest BCUT2D eigenvalue weighted by Crippen LogP contribution is -2.61. The zero-order valence-electron chi connectivity index (χ0n) is 11.0. The molecule has 116 valence electrons. The van der Waals surface area contributed by atoms with Crippen LogP contribution in [0.4, 0.5) is 5.69 Å². The number of nitrogens with one attached hydrogen (secondary N) is 1. The minimum Gasteiger partial charge on any atom is -0.508 e. The quantitative estimate of drug-likeness (QED) is 0.361. The molecule has 1 saturated heterocycles. The lowest BCUT2D eigenvalue weighted by atomic mass is 9.94. The first kappa shape index (κ1) is 15.7. The van der Waals surface area contributed by atoms with Gasteiger partial charge < -0.3 is 35.6 Å². The van der Waals surface area contributed by atoms with Gasteiger partial charge >= 0.3 is 0 Å². The van der Waals surface area contributed by atoms with E-state index in [9.17, 15) is 20.1 Å². The lowest BCUT2D eigenvalue weighted by Gasteiger charge is -2.39. The van der Waals surface area contributed by atoms with E-state index >= 15 is 0 Å². The highest BCUT2D eigenvalue weighted by atomic mass is 16.5. The number of hydrogen-bond acceptors (Lipinski definition) is 7. The summed E-state index contributed by atoms with van der Waals surface area (Å²) in [7, 11) is 0. The molecule has 0 spiro atoms. The van der Waals surface area contributed by atoms with Gasteiger partial charge in [-0.3, -0.25) is 4.79 Å². The number of amides is 1. The van der Waals surface area contributed by atoms with E-state index < -0.39 is 43.0 Å². The maximum absolute atomic E-state index is 12.0. The molecule has 8 heteroatoms. The van der Waals surface area contributed by atoms with Crippen LogP contribution < -0.4 is 5.32 Å².